The van der Waals surface area contributed by atoms with Gasteiger partial charge in [-0.25, -0.2) is 4.98 Å². The van der Waals surface area contributed by atoms with Crippen LogP contribution in [-0.4, -0.2) is 41.5 Å². The third kappa shape index (κ3) is 3.48. The average Bonchev–Trinajstić information content (AvgIpc) is 3.22. The number of hydrogen-bond donors (Lipinski definition) is 1. The SMILES string of the molecule is CCCN(C(=O)c1nc(-c2ccco2)sc1C)C1CCNCC1. The first-order chi connectivity index (χ1) is 11.2. The molecule has 0 radical (unpaired) electrons. The van der Waals surface area contributed by atoms with Gasteiger partial charge >= 0.3 is 0 Å². The van der Waals surface area contributed by atoms with Gasteiger partial charge in [0.2, 0.25) is 0 Å². The number of hydrogen-bond acceptors (Lipinski definition) is 5. The lowest BCUT2D eigenvalue weighted by Gasteiger charge is -2.34. The minimum atomic E-state index is 0.0605. The molecule has 1 amide bonds. The van der Waals surface area contributed by atoms with Crippen LogP contribution < -0.4 is 5.32 Å². The van der Waals surface area contributed by atoms with E-state index in [9.17, 15) is 4.79 Å². The van der Waals surface area contributed by atoms with E-state index in [-0.39, 0.29) is 5.91 Å². The van der Waals surface area contributed by atoms with Crippen molar-refractivity contribution in [2.24, 2.45) is 0 Å². The molecule has 0 aliphatic carbocycles. The number of nitrogens with zero attached hydrogens (tertiary/aromatic N) is 2. The molecule has 1 fully saturated rings. The lowest BCUT2D eigenvalue weighted by Crippen LogP contribution is -2.46. The molecule has 6 heteroatoms. The van der Waals surface area contributed by atoms with Crippen LogP contribution in [0.15, 0.2) is 22.8 Å². The molecule has 2 aromatic rings. The van der Waals surface area contributed by atoms with E-state index in [1.807, 2.05) is 24.0 Å². The zero-order valence-electron chi connectivity index (χ0n) is 13.7. The third-order valence-corrected chi connectivity index (χ3v) is 5.19. The van der Waals surface area contributed by atoms with Crippen LogP contribution in [0, 0.1) is 6.92 Å². The molecule has 0 spiro atoms. The first kappa shape index (κ1) is 16.2. The Hall–Kier alpha value is -1.66. The normalized spacial score (nSPS) is 15.7. The second kappa shape index (κ2) is 7.27. The summed E-state index contributed by atoms with van der Waals surface area (Å²) in [5.74, 6) is 0.784. The van der Waals surface area contributed by atoms with Crippen molar-refractivity contribution in [3.05, 3.63) is 29.0 Å². The molecule has 5 nitrogen and oxygen atoms in total. The Kier molecular flexibility index (Phi) is 5.13. The lowest BCUT2D eigenvalue weighted by molar-refractivity contribution is 0.0637. The maximum absolute atomic E-state index is 13.1. The van der Waals surface area contributed by atoms with Crippen LogP contribution in [0.4, 0.5) is 0 Å². The molecule has 0 saturated carbocycles. The highest BCUT2D eigenvalue weighted by molar-refractivity contribution is 7.15. The average molecular weight is 333 g/mol. The van der Waals surface area contributed by atoms with Gasteiger partial charge in [0, 0.05) is 17.5 Å². The van der Waals surface area contributed by atoms with Crippen molar-refractivity contribution in [1.82, 2.24) is 15.2 Å². The highest BCUT2D eigenvalue weighted by Gasteiger charge is 2.28. The van der Waals surface area contributed by atoms with Crippen LogP contribution in [-0.2, 0) is 0 Å². The molecule has 2 aromatic heterocycles. The molecule has 0 unspecified atom stereocenters. The predicted octanol–water partition coefficient (Wildman–Crippen LogP) is 3.32. The fraction of sp³-hybridized carbons (Fsp3) is 0.529. The first-order valence-corrected chi connectivity index (χ1v) is 9.05. The molecule has 23 heavy (non-hydrogen) atoms. The molecule has 0 atom stereocenters. The van der Waals surface area contributed by atoms with Crippen LogP contribution in [0.2, 0.25) is 0 Å². The standard InChI is InChI=1S/C17H23N3O2S/c1-3-10-20(13-6-8-18-9-7-13)17(21)15-12(2)23-16(19-15)14-5-4-11-22-14/h4-5,11,13,18H,3,6-10H2,1-2H3. The number of aromatic nitrogens is 1. The Morgan fingerprint density at radius 1 is 1.48 bits per heavy atom. The summed E-state index contributed by atoms with van der Waals surface area (Å²) in [6, 6.07) is 4.03. The van der Waals surface area contributed by atoms with Crippen LogP contribution in [0.1, 0.15) is 41.6 Å². The molecule has 3 heterocycles. The second-order valence-electron chi connectivity index (χ2n) is 5.88. The number of aryl methyl sites for hydroxylation is 1. The molecule has 0 aromatic carbocycles. The summed E-state index contributed by atoms with van der Waals surface area (Å²) in [5, 5.41) is 4.14. The number of thiazole rings is 1. The lowest BCUT2D eigenvalue weighted by atomic mass is 10.0. The number of furan rings is 1. The Labute approximate surface area is 140 Å². The van der Waals surface area contributed by atoms with E-state index in [4.69, 9.17) is 4.42 Å². The van der Waals surface area contributed by atoms with Crippen molar-refractivity contribution in [3.8, 4) is 10.8 Å². The van der Waals surface area contributed by atoms with E-state index >= 15 is 0 Å². The van der Waals surface area contributed by atoms with E-state index < -0.39 is 0 Å². The van der Waals surface area contributed by atoms with Crippen molar-refractivity contribution in [2.75, 3.05) is 19.6 Å². The summed E-state index contributed by atoms with van der Waals surface area (Å²) in [5.41, 5.74) is 0.577. The minimum Gasteiger partial charge on any atom is -0.462 e. The quantitative estimate of drug-likeness (QED) is 0.912. The topological polar surface area (TPSA) is 58.4 Å². The van der Waals surface area contributed by atoms with Gasteiger partial charge < -0.3 is 14.6 Å². The summed E-state index contributed by atoms with van der Waals surface area (Å²) in [7, 11) is 0. The van der Waals surface area contributed by atoms with Crippen molar-refractivity contribution in [3.63, 3.8) is 0 Å². The predicted molar refractivity (Wildman–Crippen MR) is 91.8 cm³/mol. The van der Waals surface area contributed by atoms with E-state index in [0.29, 0.717) is 11.7 Å². The summed E-state index contributed by atoms with van der Waals surface area (Å²) >= 11 is 1.52. The Morgan fingerprint density at radius 3 is 2.91 bits per heavy atom. The molecule has 1 N–H and O–H groups in total. The highest BCUT2D eigenvalue weighted by Crippen LogP contribution is 2.29. The van der Waals surface area contributed by atoms with E-state index in [0.717, 1.165) is 54.5 Å². The molecule has 1 saturated heterocycles. The summed E-state index contributed by atoms with van der Waals surface area (Å²) in [6.07, 6.45) is 4.62. The van der Waals surface area contributed by atoms with Crippen molar-refractivity contribution < 1.29 is 9.21 Å². The van der Waals surface area contributed by atoms with Crippen LogP contribution in [0.5, 0.6) is 0 Å². The van der Waals surface area contributed by atoms with Gasteiger partial charge in [0.25, 0.3) is 5.91 Å². The van der Waals surface area contributed by atoms with Crippen molar-refractivity contribution in [1.29, 1.82) is 0 Å². The second-order valence-corrected chi connectivity index (χ2v) is 7.08. The van der Waals surface area contributed by atoms with Crippen molar-refractivity contribution in [2.45, 2.75) is 39.2 Å². The van der Waals surface area contributed by atoms with Gasteiger partial charge in [-0.3, -0.25) is 4.79 Å². The molecule has 1 aliphatic heterocycles. The van der Waals surface area contributed by atoms with Gasteiger partial charge in [0.05, 0.1) is 6.26 Å². The number of amides is 1. The van der Waals surface area contributed by atoms with Gasteiger partial charge in [-0.2, -0.15) is 0 Å². The van der Waals surface area contributed by atoms with Gasteiger partial charge in [-0.15, -0.1) is 11.3 Å². The highest BCUT2D eigenvalue weighted by atomic mass is 32.1. The number of nitrogens with one attached hydrogen (secondary N) is 1. The van der Waals surface area contributed by atoms with Gasteiger partial charge in [-0.05, 0) is 51.4 Å². The number of rotatable bonds is 5. The van der Waals surface area contributed by atoms with Crippen LogP contribution >= 0.6 is 11.3 Å². The fourth-order valence-corrected chi connectivity index (χ4v) is 3.92. The number of carbonyl (C=O) groups excluding carboxylic acids is 1. The van der Waals surface area contributed by atoms with E-state index in [1.54, 1.807) is 6.26 Å². The smallest absolute Gasteiger partial charge is 0.273 e. The summed E-state index contributed by atoms with van der Waals surface area (Å²) in [6.45, 7) is 6.82. The van der Waals surface area contributed by atoms with Crippen molar-refractivity contribution >= 4 is 17.2 Å². The zero-order chi connectivity index (χ0) is 16.2. The Bertz CT molecular complexity index is 645. The monoisotopic (exact) mass is 333 g/mol. The number of carbonyl (C=O) groups is 1. The van der Waals surface area contributed by atoms with Crippen LogP contribution in [0.3, 0.4) is 0 Å². The van der Waals surface area contributed by atoms with Gasteiger partial charge in [-0.1, -0.05) is 6.92 Å². The van der Waals surface area contributed by atoms with Gasteiger partial charge in [0.15, 0.2) is 10.8 Å². The van der Waals surface area contributed by atoms with Gasteiger partial charge in [0.1, 0.15) is 5.69 Å². The molecule has 1 aliphatic rings. The van der Waals surface area contributed by atoms with E-state index in [2.05, 4.69) is 17.2 Å². The summed E-state index contributed by atoms with van der Waals surface area (Å²) in [4.78, 5) is 20.6. The Morgan fingerprint density at radius 2 is 2.26 bits per heavy atom. The largest absolute Gasteiger partial charge is 0.462 e. The number of piperidine rings is 1. The molecule has 0 bridgehead atoms. The maximum Gasteiger partial charge on any atom is 0.273 e. The third-order valence-electron chi connectivity index (χ3n) is 4.21. The fourth-order valence-electron chi connectivity index (χ4n) is 3.05. The Balaban J connectivity index is 1.84. The maximum atomic E-state index is 13.1. The zero-order valence-corrected chi connectivity index (χ0v) is 14.5. The van der Waals surface area contributed by atoms with E-state index in [1.165, 1.54) is 11.3 Å². The summed E-state index contributed by atoms with van der Waals surface area (Å²) < 4.78 is 5.41. The molecule has 124 valence electrons. The molecular formula is C17H23N3O2S. The minimum absolute atomic E-state index is 0.0605. The van der Waals surface area contributed by atoms with Crippen LogP contribution in [0.25, 0.3) is 10.8 Å². The molecular weight excluding hydrogens is 310 g/mol. The molecule has 3 rings (SSSR count). The first-order valence-electron chi connectivity index (χ1n) is 8.23.